The molecule has 30 heavy (non-hydrogen) atoms. The molecule has 3 saturated heterocycles. The van der Waals surface area contributed by atoms with Crippen LogP contribution in [0, 0.1) is 0 Å². The van der Waals surface area contributed by atoms with Crippen molar-refractivity contribution in [3.8, 4) is 0 Å². The minimum atomic E-state index is -0.845. The van der Waals surface area contributed by atoms with Crippen molar-refractivity contribution in [3.63, 3.8) is 0 Å². The first kappa shape index (κ1) is 21.1. The number of nitrogens with one attached hydrogen (secondary N) is 2. The highest BCUT2D eigenvalue weighted by atomic mass is 16.2. The predicted molar refractivity (Wildman–Crippen MR) is 109 cm³/mol. The maximum atomic E-state index is 12.9. The maximum Gasteiger partial charge on any atom is 0.344 e. The lowest BCUT2D eigenvalue weighted by atomic mass is 9.82. The molecule has 9 heteroatoms. The first-order valence-electron chi connectivity index (χ1n) is 11.5. The number of likely N-dealkylation sites (tertiary alicyclic amines) is 2. The predicted octanol–water partition coefficient (Wildman–Crippen LogP) is 1.14. The summed E-state index contributed by atoms with van der Waals surface area (Å²) in [6.45, 7) is 2.91. The van der Waals surface area contributed by atoms with Crippen LogP contribution in [0.5, 0.6) is 0 Å². The van der Waals surface area contributed by atoms with Gasteiger partial charge in [0.2, 0.25) is 11.8 Å². The number of nitrogens with zero attached hydrogens (tertiary/aromatic N) is 3. The molecular weight excluding hydrogens is 386 g/mol. The Morgan fingerprint density at radius 2 is 1.67 bits per heavy atom. The van der Waals surface area contributed by atoms with Crippen molar-refractivity contribution < 1.29 is 19.2 Å². The van der Waals surface area contributed by atoms with E-state index in [0.29, 0.717) is 19.4 Å². The number of piperidine rings is 1. The standard InChI is InChI=1S/C21H33N5O4/c27-17(23-26-19(29)21(22-20(26)30)10-3-1-4-11-21)9-15-24-12-5-2-8-16(24)18(28)25-13-6-7-14-25/h16H,1-15H2,(H,22,30)(H,23,27). The summed E-state index contributed by atoms with van der Waals surface area (Å²) in [5.74, 6) is -0.536. The van der Waals surface area contributed by atoms with Crippen LogP contribution in [0.2, 0.25) is 0 Å². The Hall–Kier alpha value is -2.16. The molecule has 3 aliphatic heterocycles. The lowest BCUT2D eigenvalue weighted by Crippen LogP contribution is -2.52. The molecule has 0 radical (unpaired) electrons. The van der Waals surface area contributed by atoms with E-state index in [1.165, 1.54) is 0 Å². The van der Waals surface area contributed by atoms with Crippen LogP contribution in [-0.2, 0) is 14.4 Å². The average molecular weight is 420 g/mol. The smallest absolute Gasteiger partial charge is 0.341 e. The van der Waals surface area contributed by atoms with Crippen LogP contribution in [0.4, 0.5) is 4.79 Å². The molecule has 0 aromatic carbocycles. The second-order valence-electron chi connectivity index (χ2n) is 9.08. The van der Waals surface area contributed by atoms with Crippen LogP contribution in [0.3, 0.4) is 0 Å². The van der Waals surface area contributed by atoms with Gasteiger partial charge >= 0.3 is 6.03 Å². The third kappa shape index (κ3) is 4.17. The zero-order valence-electron chi connectivity index (χ0n) is 17.7. The number of amides is 5. The first-order chi connectivity index (χ1) is 14.5. The third-order valence-corrected chi connectivity index (χ3v) is 7.05. The summed E-state index contributed by atoms with van der Waals surface area (Å²) in [5.41, 5.74) is 1.66. The van der Waals surface area contributed by atoms with Gasteiger partial charge in [0.1, 0.15) is 5.54 Å². The number of rotatable bonds is 5. The van der Waals surface area contributed by atoms with E-state index < -0.39 is 11.6 Å². The highest BCUT2D eigenvalue weighted by Gasteiger charge is 2.52. The molecule has 4 rings (SSSR count). The van der Waals surface area contributed by atoms with Crippen molar-refractivity contribution in [1.29, 1.82) is 0 Å². The van der Waals surface area contributed by atoms with E-state index in [-0.39, 0.29) is 30.2 Å². The monoisotopic (exact) mass is 419 g/mol. The van der Waals surface area contributed by atoms with E-state index in [1.807, 2.05) is 4.90 Å². The quantitative estimate of drug-likeness (QED) is 0.651. The van der Waals surface area contributed by atoms with Gasteiger partial charge in [0, 0.05) is 26.1 Å². The third-order valence-electron chi connectivity index (χ3n) is 7.05. The van der Waals surface area contributed by atoms with Gasteiger partial charge in [-0.15, -0.1) is 0 Å². The largest absolute Gasteiger partial charge is 0.344 e. The Morgan fingerprint density at radius 3 is 2.40 bits per heavy atom. The molecule has 2 N–H and O–H groups in total. The highest BCUT2D eigenvalue weighted by molar-refractivity contribution is 6.08. The van der Waals surface area contributed by atoms with Crippen LogP contribution in [-0.4, -0.2) is 76.3 Å². The fraction of sp³-hybridized carbons (Fsp3) is 0.810. The molecule has 1 atom stereocenters. The van der Waals surface area contributed by atoms with Gasteiger partial charge in [0.25, 0.3) is 5.91 Å². The van der Waals surface area contributed by atoms with Gasteiger partial charge in [0.15, 0.2) is 0 Å². The molecule has 166 valence electrons. The van der Waals surface area contributed by atoms with Crippen LogP contribution < -0.4 is 10.7 Å². The molecule has 1 aliphatic carbocycles. The second kappa shape index (κ2) is 8.91. The maximum absolute atomic E-state index is 12.9. The van der Waals surface area contributed by atoms with Crippen molar-refractivity contribution in [2.75, 3.05) is 26.2 Å². The van der Waals surface area contributed by atoms with Gasteiger partial charge in [0.05, 0.1) is 6.04 Å². The van der Waals surface area contributed by atoms with E-state index in [2.05, 4.69) is 15.6 Å². The summed E-state index contributed by atoms with van der Waals surface area (Å²) in [4.78, 5) is 54.5. The molecular formula is C21H33N5O4. The number of carbonyl (C=O) groups excluding carboxylic acids is 4. The topological polar surface area (TPSA) is 102 Å². The van der Waals surface area contributed by atoms with E-state index in [4.69, 9.17) is 0 Å². The Kier molecular flexibility index (Phi) is 6.26. The molecule has 3 heterocycles. The van der Waals surface area contributed by atoms with Crippen LogP contribution in [0.25, 0.3) is 0 Å². The number of hydrogen-bond acceptors (Lipinski definition) is 5. The molecule has 0 aromatic heterocycles. The van der Waals surface area contributed by atoms with Crippen LogP contribution >= 0.6 is 0 Å². The Morgan fingerprint density at radius 1 is 0.967 bits per heavy atom. The fourth-order valence-electron chi connectivity index (χ4n) is 5.33. The highest BCUT2D eigenvalue weighted by Crippen LogP contribution is 2.33. The second-order valence-corrected chi connectivity index (χ2v) is 9.08. The van der Waals surface area contributed by atoms with E-state index >= 15 is 0 Å². The summed E-state index contributed by atoms with van der Waals surface area (Å²) < 4.78 is 0. The fourth-order valence-corrected chi connectivity index (χ4v) is 5.33. The molecule has 1 unspecified atom stereocenters. The minimum Gasteiger partial charge on any atom is -0.341 e. The Bertz CT molecular complexity index is 700. The zero-order chi connectivity index (χ0) is 21.1. The molecule has 4 aliphatic rings. The van der Waals surface area contributed by atoms with E-state index in [9.17, 15) is 19.2 Å². The van der Waals surface area contributed by atoms with Crippen molar-refractivity contribution in [1.82, 2.24) is 25.6 Å². The molecule has 4 fully saturated rings. The SMILES string of the molecule is O=C(CCN1CCCCC1C(=O)N1CCCC1)NN1C(=O)NC2(CCCCC2)C1=O. The van der Waals surface area contributed by atoms with Crippen LogP contribution in [0.15, 0.2) is 0 Å². The van der Waals surface area contributed by atoms with Crippen LogP contribution in [0.1, 0.15) is 70.6 Å². The van der Waals surface area contributed by atoms with Gasteiger partial charge in [-0.05, 0) is 45.1 Å². The average Bonchev–Trinajstić information content (AvgIpc) is 3.37. The Balaban J connectivity index is 1.31. The summed E-state index contributed by atoms with van der Waals surface area (Å²) in [7, 11) is 0. The number of imide groups is 1. The summed E-state index contributed by atoms with van der Waals surface area (Å²) in [5, 5.41) is 3.65. The first-order valence-corrected chi connectivity index (χ1v) is 11.5. The molecule has 0 bridgehead atoms. The van der Waals surface area contributed by atoms with E-state index in [1.54, 1.807) is 0 Å². The number of hydrazine groups is 1. The Labute approximate surface area is 177 Å². The lowest BCUT2D eigenvalue weighted by Gasteiger charge is -2.36. The number of urea groups is 1. The zero-order valence-corrected chi connectivity index (χ0v) is 17.7. The lowest BCUT2D eigenvalue weighted by molar-refractivity contribution is -0.140. The molecule has 5 amide bonds. The number of hydrogen-bond donors (Lipinski definition) is 2. The molecule has 9 nitrogen and oxygen atoms in total. The van der Waals surface area contributed by atoms with Crippen molar-refractivity contribution in [2.45, 2.75) is 82.2 Å². The van der Waals surface area contributed by atoms with Crippen molar-refractivity contribution in [2.24, 2.45) is 0 Å². The van der Waals surface area contributed by atoms with Gasteiger partial charge in [-0.1, -0.05) is 25.7 Å². The normalized spacial score (nSPS) is 26.9. The van der Waals surface area contributed by atoms with Gasteiger partial charge in [-0.3, -0.25) is 24.7 Å². The van der Waals surface area contributed by atoms with Gasteiger partial charge in [-0.25, -0.2) is 4.79 Å². The molecule has 0 aromatic rings. The summed E-state index contributed by atoms with van der Waals surface area (Å²) in [6, 6.07) is -0.706. The molecule has 1 spiro atoms. The van der Waals surface area contributed by atoms with Crippen molar-refractivity contribution >= 4 is 23.8 Å². The summed E-state index contributed by atoms with van der Waals surface area (Å²) >= 11 is 0. The van der Waals surface area contributed by atoms with Gasteiger partial charge in [-0.2, -0.15) is 5.01 Å². The summed E-state index contributed by atoms with van der Waals surface area (Å²) in [6.07, 6.45) is 9.24. The van der Waals surface area contributed by atoms with Crippen molar-refractivity contribution in [3.05, 3.63) is 0 Å². The number of carbonyl (C=O) groups is 4. The van der Waals surface area contributed by atoms with E-state index in [0.717, 1.165) is 76.0 Å². The minimum absolute atomic E-state index is 0.147. The van der Waals surface area contributed by atoms with Gasteiger partial charge < -0.3 is 10.2 Å². The molecule has 1 saturated carbocycles.